The van der Waals surface area contributed by atoms with E-state index in [1.165, 1.54) is 0 Å². The summed E-state index contributed by atoms with van der Waals surface area (Å²) in [5.41, 5.74) is 2.45. The van der Waals surface area contributed by atoms with Gasteiger partial charge in [0, 0.05) is 18.7 Å². The molecule has 6 nitrogen and oxygen atoms in total. The lowest BCUT2D eigenvalue weighted by molar-refractivity contribution is -0.140. The van der Waals surface area contributed by atoms with Gasteiger partial charge in [0.25, 0.3) is 11.7 Å². The van der Waals surface area contributed by atoms with Crippen LogP contribution in [-0.2, 0) is 9.59 Å². The maximum atomic E-state index is 12.9. The van der Waals surface area contributed by atoms with E-state index in [-0.39, 0.29) is 11.3 Å². The quantitative estimate of drug-likeness (QED) is 0.463. The van der Waals surface area contributed by atoms with Crippen molar-refractivity contribution in [3.05, 3.63) is 70.8 Å². The molecule has 29 heavy (non-hydrogen) atoms. The molecule has 1 aliphatic heterocycles. The summed E-state index contributed by atoms with van der Waals surface area (Å²) in [4.78, 5) is 29.2. The highest BCUT2D eigenvalue weighted by molar-refractivity contribution is 6.46. The first kappa shape index (κ1) is 20.6. The van der Waals surface area contributed by atoms with E-state index in [4.69, 9.17) is 4.74 Å². The van der Waals surface area contributed by atoms with Gasteiger partial charge in [-0.05, 0) is 50.8 Å². The highest BCUT2D eigenvalue weighted by Crippen LogP contribution is 2.39. The van der Waals surface area contributed by atoms with Crippen molar-refractivity contribution in [2.45, 2.75) is 13.0 Å². The zero-order valence-corrected chi connectivity index (χ0v) is 17.2. The summed E-state index contributed by atoms with van der Waals surface area (Å²) in [6.45, 7) is 2.97. The Labute approximate surface area is 171 Å². The highest BCUT2D eigenvalue weighted by atomic mass is 16.5. The summed E-state index contributed by atoms with van der Waals surface area (Å²) < 4.78 is 5.15. The topological polar surface area (TPSA) is 70.1 Å². The maximum Gasteiger partial charge on any atom is 0.295 e. The fourth-order valence-corrected chi connectivity index (χ4v) is 3.42. The first-order valence-electron chi connectivity index (χ1n) is 9.47. The van der Waals surface area contributed by atoms with Crippen LogP contribution >= 0.6 is 0 Å². The molecule has 0 bridgehead atoms. The smallest absolute Gasteiger partial charge is 0.295 e. The number of hydrogen-bond acceptors (Lipinski definition) is 5. The number of ketones is 1. The Kier molecular flexibility index (Phi) is 6.03. The number of Topliss-reactive ketones (excluding diaryl/α,β-unsaturated/α-hetero) is 1. The van der Waals surface area contributed by atoms with Crippen molar-refractivity contribution in [2.24, 2.45) is 0 Å². The van der Waals surface area contributed by atoms with Crippen LogP contribution in [0.3, 0.4) is 0 Å². The van der Waals surface area contributed by atoms with Gasteiger partial charge in [-0.25, -0.2) is 0 Å². The Bertz CT molecular complexity index is 930. The first-order chi connectivity index (χ1) is 13.8. The molecule has 0 spiro atoms. The standard InChI is InChI=1S/C23H26N2O4/c1-15-5-7-16(8-6-15)20-19(21(26)17-9-11-18(29-4)12-10-17)22(27)23(28)25(20)14-13-24(2)3/h5-12,20,26H,13-14H2,1-4H3/t20-/m0/s1. The van der Waals surface area contributed by atoms with E-state index in [2.05, 4.69) is 0 Å². The van der Waals surface area contributed by atoms with Gasteiger partial charge in [0.2, 0.25) is 0 Å². The number of carbonyl (C=O) groups is 2. The van der Waals surface area contributed by atoms with E-state index in [1.807, 2.05) is 50.2 Å². The van der Waals surface area contributed by atoms with Crippen LogP contribution in [0.4, 0.5) is 0 Å². The van der Waals surface area contributed by atoms with Crippen LogP contribution in [0.1, 0.15) is 22.7 Å². The number of ether oxygens (including phenoxy) is 1. The summed E-state index contributed by atoms with van der Waals surface area (Å²) in [6, 6.07) is 13.8. The van der Waals surface area contributed by atoms with Crippen molar-refractivity contribution in [3.8, 4) is 5.75 Å². The molecule has 0 saturated carbocycles. The van der Waals surface area contributed by atoms with Gasteiger partial charge in [0.05, 0.1) is 18.7 Å². The van der Waals surface area contributed by atoms with Crippen LogP contribution in [-0.4, -0.2) is 60.9 Å². The molecule has 152 valence electrons. The highest BCUT2D eigenvalue weighted by Gasteiger charge is 2.45. The number of aliphatic hydroxyl groups excluding tert-OH is 1. The number of aliphatic hydroxyl groups is 1. The lowest BCUT2D eigenvalue weighted by Gasteiger charge is -2.26. The lowest BCUT2D eigenvalue weighted by Crippen LogP contribution is -2.35. The van der Waals surface area contributed by atoms with E-state index in [9.17, 15) is 14.7 Å². The lowest BCUT2D eigenvalue weighted by atomic mass is 9.94. The van der Waals surface area contributed by atoms with Crippen LogP contribution in [0.25, 0.3) is 5.76 Å². The van der Waals surface area contributed by atoms with Gasteiger partial charge in [-0.2, -0.15) is 0 Å². The number of rotatable bonds is 6. The van der Waals surface area contributed by atoms with Crippen LogP contribution in [0.5, 0.6) is 5.75 Å². The Morgan fingerprint density at radius 2 is 1.69 bits per heavy atom. The molecule has 1 amide bonds. The molecule has 2 aromatic carbocycles. The van der Waals surface area contributed by atoms with E-state index >= 15 is 0 Å². The third kappa shape index (κ3) is 4.17. The molecule has 1 N–H and O–H groups in total. The minimum absolute atomic E-state index is 0.114. The maximum absolute atomic E-state index is 12.9. The predicted octanol–water partition coefficient (Wildman–Crippen LogP) is 2.99. The SMILES string of the molecule is COc1ccc(C(O)=C2C(=O)C(=O)N(CCN(C)C)[C@H]2c2ccc(C)cc2)cc1. The summed E-state index contributed by atoms with van der Waals surface area (Å²) >= 11 is 0. The number of likely N-dealkylation sites (N-methyl/N-ethyl adjacent to an activating group) is 1. The molecule has 6 heteroatoms. The summed E-state index contributed by atoms with van der Waals surface area (Å²) in [5, 5.41) is 11.0. The molecule has 1 aliphatic rings. The third-order valence-corrected chi connectivity index (χ3v) is 5.08. The van der Waals surface area contributed by atoms with Crippen molar-refractivity contribution >= 4 is 17.4 Å². The molecule has 1 atom stereocenters. The average molecular weight is 394 g/mol. The molecule has 3 rings (SSSR count). The molecule has 1 heterocycles. The number of amides is 1. The molecule has 1 fully saturated rings. The van der Waals surface area contributed by atoms with Gasteiger partial charge < -0.3 is 19.6 Å². The summed E-state index contributed by atoms with van der Waals surface area (Å²) in [7, 11) is 5.38. The zero-order chi connectivity index (χ0) is 21.1. The van der Waals surface area contributed by atoms with Crippen molar-refractivity contribution < 1.29 is 19.4 Å². The summed E-state index contributed by atoms with van der Waals surface area (Å²) in [5.74, 6) is -0.790. The molecule has 0 aliphatic carbocycles. The van der Waals surface area contributed by atoms with E-state index in [0.717, 1.165) is 11.1 Å². The fourth-order valence-electron chi connectivity index (χ4n) is 3.42. The second-order valence-corrected chi connectivity index (χ2v) is 7.43. The fraction of sp³-hybridized carbons (Fsp3) is 0.304. The van der Waals surface area contributed by atoms with E-state index in [0.29, 0.717) is 24.4 Å². The number of likely N-dealkylation sites (tertiary alicyclic amines) is 1. The van der Waals surface area contributed by atoms with Gasteiger partial charge in [0.15, 0.2) is 0 Å². The van der Waals surface area contributed by atoms with Gasteiger partial charge in [-0.1, -0.05) is 29.8 Å². The van der Waals surface area contributed by atoms with Crippen molar-refractivity contribution in [1.82, 2.24) is 9.80 Å². The molecule has 0 aromatic heterocycles. The molecule has 0 radical (unpaired) electrons. The number of carbonyl (C=O) groups excluding carboxylic acids is 2. The van der Waals surface area contributed by atoms with Crippen LogP contribution in [0, 0.1) is 6.92 Å². The largest absolute Gasteiger partial charge is 0.507 e. The molecule has 0 unspecified atom stereocenters. The van der Waals surface area contributed by atoms with E-state index in [1.54, 1.807) is 36.3 Å². The molecule has 2 aromatic rings. The third-order valence-electron chi connectivity index (χ3n) is 5.08. The molecular formula is C23H26N2O4. The van der Waals surface area contributed by atoms with Gasteiger partial charge >= 0.3 is 0 Å². The van der Waals surface area contributed by atoms with Gasteiger partial charge in [-0.15, -0.1) is 0 Å². The Hall–Kier alpha value is -3.12. The second-order valence-electron chi connectivity index (χ2n) is 7.43. The number of aryl methyl sites for hydroxylation is 1. The Morgan fingerprint density at radius 1 is 1.07 bits per heavy atom. The van der Waals surface area contributed by atoms with Crippen LogP contribution in [0.2, 0.25) is 0 Å². The van der Waals surface area contributed by atoms with Crippen molar-refractivity contribution in [2.75, 3.05) is 34.3 Å². The predicted molar refractivity (Wildman–Crippen MR) is 112 cm³/mol. The molecule has 1 saturated heterocycles. The summed E-state index contributed by atoms with van der Waals surface area (Å²) in [6.07, 6.45) is 0. The van der Waals surface area contributed by atoms with Crippen LogP contribution in [0.15, 0.2) is 54.1 Å². The number of benzene rings is 2. The Balaban J connectivity index is 2.11. The van der Waals surface area contributed by atoms with Crippen LogP contribution < -0.4 is 4.74 Å². The molecular weight excluding hydrogens is 368 g/mol. The average Bonchev–Trinajstić information content (AvgIpc) is 2.97. The number of nitrogens with zero attached hydrogens (tertiary/aromatic N) is 2. The van der Waals surface area contributed by atoms with E-state index < -0.39 is 17.7 Å². The minimum atomic E-state index is -0.664. The first-order valence-corrected chi connectivity index (χ1v) is 9.47. The van der Waals surface area contributed by atoms with Gasteiger partial charge in [-0.3, -0.25) is 9.59 Å². The number of methoxy groups -OCH3 is 1. The van der Waals surface area contributed by atoms with Crippen molar-refractivity contribution in [1.29, 1.82) is 0 Å². The Morgan fingerprint density at radius 3 is 2.24 bits per heavy atom. The second kappa shape index (κ2) is 8.49. The van der Waals surface area contributed by atoms with Gasteiger partial charge in [0.1, 0.15) is 11.5 Å². The normalized spacial score (nSPS) is 18.5. The minimum Gasteiger partial charge on any atom is -0.507 e. The number of hydrogen-bond donors (Lipinski definition) is 1. The zero-order valence-electron chi connectivity index (χ0n) is 17.2. The monoisotopic (exact) mass is 394 g/mol. The van der Waals surface area contributed by atoms with Crippen molar-refractivity contribution in [3.63, 3.8) is 0 Å².